The predicted octanol–water partition coefficient (Wildman–Crippen LogP) is 6.78. The van der Waals surface area contributed by atoms with Crippen LogP contribution in [0.4, 0.5) is 0 Å². The van der Waals surface area contributed by atoms with Gasteiger partial charge in [-0.25, -0.2) is 0 Å². The Labute approximate surface area is 168 Å². The van der Waals surface area contributed by atoms with Crippen LogP contribution < -0.4 is 0 Å². The van der Waals surface area contributed by atoms with Gasteiger partial charge in [0.25, 0.3) is 0 Å². The minimum Gasteiger partial charge on any atom is -0.466 e. The monoisotopic (exact) mass is 388 g/mol. The second-order valence-corrected chi connectivity index (χ2v) is 16.5. The van der Waals surface area contributed by atoms with Crippen LogP contribution in [0.15, 0.2) is 24.3 Å². The second-order valence-electron chi connectivity index (χ2n) is 10.9. The Morgan fingerprint density at radius 2 is 1.89 bits per heavy atom. The fourth-order valence-corrected chi connectivity index (χ4v) is 4.79. The lowest BCUT2D eigenvalue weighted by molar-refractivity contribution is -0.144. The highest BCUT2D eigenvalue weighted by atomic mass is 28.3. The fourth-order valence-electron chi connectivity index (χ4n) is 4.08. The molecule has 3 unspecified atom stereocenters. The van der Waals surface area contributed by atoms with E-state index in [2.05, 4.69) is 71.6 Å². The lowest BCUT2D eigenvalue weighted by Gasteiger charge is -2.35. The van der Waals surface area contributed by atoms with E-state index in [1.165, 1.54) is 24.0 Å². The summed E-state index contributed by atoms with van der Waals surface area (Å²) < 4.78 is 5.61. The molecule has 2 rings (SSSR count). The molecule has 3 heteroatoms. The number of esters is 1. The van der Waals surface area contributed by atoms with Gasteiger partial charge >= 0.3 is 5.97 Å². The molecule has 1 aromatic rings. The van der Waals surface area contributed by atoms with E-state index in [4.69, 9.17) is 4.74 Å². The van der Waals surface area contributed by atoms with Gasteiger partial charge in [0.2, 0.25) is 0 Å². The zero-order valence-electron chi connectivity index (χ0n) is 18.6. The van der Waals surface area contributed by atoms with Crippen LogP contribution >= 0.6 is 0 Å². The van der Waals surface area contributed by atoms with Crippen molar-refractivity contribution in [3.8, 4) is 0 Å². The zero-order chi connectivity index (χ0) is 20.2. The Bertz CT molecular complexity index is 624. The number of hydrogen-bond donors (Lipinski definition) is 0. The first kappa shape index (κ1) is 22.2. The third kappa shape index (κ3) is 7.10. The summed E-state index contributed by atoms with van der Waals surface area (Å²) in [5.41, 5.74) is 2.95. The van der Waals surface area contributed by atoms with Crippen LogP contribution in [0.5, 0.6) is 0 Å². The lowest BCUT2D eigenvalue weighted by Crippen LogP contribution is -2.27. The molecular weight excluding hydrogens is 348 g/mol. The number of benzene rings is 1. The zero-order valence-corrected chi connectivity index (χ0v) is 19.6. The maximum atomic E-state index is 12.5. The summed E-state index contributed by atoms with van der Waals surface area (Å²) in [4.78, 5) is 12.5. The van der Waals surface area contributed by atoms with Crippen molar-refractivity contribution in [2.24, 2.45) is 11.8 Å². The second kappa shape index (κ2) is 8.94. The molecule has 0 N–H and O–H groups in total. The highest BCUT2D eigenvalue weighted by Gasteiger charge is 2.32. The molecule has 2 nitrogen and oxygen atoms in total. The molecule has 0 spiro atoms. The largest absolute Gasteiger partial charge is 0.466 e. The van der Waals surface area contributed by atoms with Gasteiger partial charge < -0.3 is 4.74 Å². The minimum absolute atomic E-state index is 0.00443. The highest BCUT2D eigenvalue weighted by molar-refractivity contribution is 6.76. The van der Waals surface area contributed by atoms with Crippen molar-refractivity contribution in [3.63, 3.8) is 0 Å². The fraction of sp³-hybridized carbons (Fsp3) is 0.708. The van der Waals surface area contributed by atoms with Gasteiger partial charge in [-0.15, -0.1) is 0 Å². The first-order valence-corrected chi connectivity index (χ1v) is 14.4. The van der Waals surface area contributed by atoms with Crippen LogP contribution in [0.25, 0.3) is 0 Å². The summed E-state index contributed by atoms with van der Waals surface area (Å²) in [7, 11) is -1.15. The number of hydrogen-bond acceptors (Lipinski definition) is 2. The molecule has 1 saturated carbocycles. The molecule has 152 valence electrons. The molecule has 1 aromatic carbocycles. The molecule has 0 amide bonds. The molecule has 1 aliphatic carbocycles. The van der Waals surface area contributed by atoms with E-state index >= 15 is 0 Å². The Balaban J connectivity index is 2.07. The van der Waals surface area contributed by atoms with Crippen molar-refractivity contribution in [2.45, 2.75) is 90.4 Å². The van der Waals surface area contributed by atoms with Gasteiger partial charge in [0.05, 0.1) is 6.61 Å². The minimum atomic E-state index is -1.15. The van der Waals surface area contributed by atoms with Crippen LogP contribution in [0.3, 0.4) is 0 Å². The first-order chi connectivity index (χ1) is 12.5. The Morgan fingerprint density at radius 1 is 1.19 bits per heavy atom. The van der Waals surface area contributed by atoms with Crippen molar-refractivity contribution in [1.29, 1.82) is 0 Å². The summed E-state index contributed by atoms with van der Waals surface area (Å²) in [5, 5.41) is 0. The van der Waals surface area contributed by atoms with E-state index in [1.54, 1.807) is 0 Å². The van der Waals surface area contributed by atoms with Crippen molar-refractivity contribution >= 4 is 14.0 Å². The van der Waals surface area contributed by atoms with Gasteiger partial charge in [0.15, 0.2) is 0 Å². The highest BCUT2D eigenvalue weighted by Crippen LogP contribution is 2.43. The van der Waals surface area contributed by atoms with Gasteiger partial charge in [0, 0.05) is 14.5 Å². The van der Waals surface area contributed by atoms with E-state index in [0.717, 1.165) is 18.4 Å². The van der Waals surface area contributed by atoms with Gasteiger partial charge in [0.1, 0.15) is 0 Å². The maximum absolute atomic E-state index is 12.5. The average Bonchev–Trinajstić information content (AvgIpc) is 2.54. The normalized spacial score (nSPS) is 23.9. The standard InChI is InChI=1S/C24H40O2Si/c1-18-11-12-20(17-23(25)26-13-14-27(5,6)7)22(15-18)19-9-8-10-21(16-19)24(2,3)4/h8-10,16,18,20,22H,11-15,17H2,1-7H3. The van der Waals surface area contributed by atoms with E-state index in [9.17, 15) is 4.79 Å². The Hall–Kier alpha value is -1.09. The van der Waals surface area contributed by atoms with E-state index in [0.29, 0.717) is 24.9 Å². The quantitative estimate of drug-likeness (QED) is 0.397. The molecule has 1 fully saturated rings. The van der Waals surface area contributed by atoms with Crippen LogP contribution in [0.2, 0.25) is 25.7 Å². The van der Waals surface area contributed by atoms with E-state index < -0.39 is 8.07 Å². The molecule has 3 atom stereocenters. The summed E-state index contributed by atoms with van der Waals surface area (Å²) >= 11 is 0. The molecule has 27 heavy (non-hydrogen) atoms. The molecule has 1 aliphatic rings. The van der Waals surface area contributed by atoms with Gasteiger partial charge in [-0.3, -0.25) is 4.79 Å². The molecule has 0 aliphatic heterocycles. The third-order valence-electron chi connectivity index (χ3n) is 5.98. The smallest absolute Gasteiger partial charge is 0.306 e. The molecule has 0 bridgehead atoms. The van der Waals surface area contributed by atoms with Crippen molar-refractivity contribution in [2.75, 3.05) is 6.61 Å². The van der Waals surface area contributed by atoms with Crippen LogP contribution in [0, 0.1) is 11.8 Å². The van der Waals surface area contributed by atoms with E-state index in [1.807, 2.05) is 0 Å². The van der Waals surface area contributed by atoms with E-state index in [-0.39, 0.29) is 11.4 Å². The summed E-state index contributed by atoms with van der Waals surface area (Å²) in [6, 6.07) is 10.1. The summed E-state index contributed by atoms with van der Waals surface area (Å²) in [6.07, 6.45) is 4.11. The van der Waals surface area contributed by atoms with Gasteiger partial charge in [-0.05, 0) is 53.2 Å². The summed E-state index contributed by atoms with van der Waals surface area (Å²) in [6.45, 7) is 16.7. The van der Waals surface area contributed by atoms with Crippen LogP contribution in [0.1, 0.15) is 70.4 Å². The van der Waals surface area contributed by atoms with Gasteiger partial charge in [-0.1, -0.05) is 78.0 Å². The third-order valence-corrected chi connectivity index (χ3v) is 7.68. The Kier molecular flexibility index (Phi) is 7.35. The average molecular weight is 389 g/mol. The number of carbonyl (C=O) groups is 1. The number of rotatable bonds is 6. The predicted molar refractivity (Wildman–Crippen MR) is 118 cm³/mol. The van der Waals surface area contributed by atoms with Crippen molar-refractivity contribution < 1.29 is 9.53 Å². The molecular formula is C24H40O2Si. The first-order valence-electron chi connectivity index (χ1n) is 10.7. The Morgan fingerprint density at radius 3 is 2.52 bits per heavy atom. The van der Waals surface area contributed by atoms with Crippen molar-refractivity contribution in [1.82, 2.24) is 0 Å². The van der Waals surface area contributed by atoms with Crippen LogP contribution in [-0.4, -0.2) is 20.7 Å². The number of carbonyl (C=O) groups excluding carboxylic acids is 1. The van der Waals surface area contributed by atoms with Crippen molar-refractivity contribution in [3.05, 3.63) is 35.4 Å². The topological polar surface area (TPSA) is 26.3 Å². The summed E-state index contributed by atoms with van der Waals surface area (Å²) in [5.74, 6) is 1.62. The maximum Gasteiger partial charge on any atom is 0.306 e. The molecule has 0 saturated heterocycles. The molecule has 0 radical (unpaired) electrons. The molecule has 0 heterocycles. The SMILES string of the molecule is CC1CCC(CC(=O)OCC[Si](C)(C)C)C(c2cccc(C(C)(C)C)c2)C1. The van der Waals surface area contributed by atoms with Crippen LogP contribution in [-0.2, 0) is 14.9 Å². The number of ether oxygens (including phenoxy) is 1. The van der Waals surface area contributed by atoms with Gasteiger partial charge in [-0.2, -0.15) is 0 Å². The lowest BCUT2D eigenvalue weighted by atomic mass is 9.70. The molecule has 0 aromatic heterocycles.